The van der Waals surface area contributed by atoms with Gasteiger partial charge in [0.2, 0.25) is 0 Å². The van der Waals surface area contributed by atoms with Crippen LogP contribution in [0.2, 0.25) is 0 Å². The minimum atomic E-state index is 0. The van der Waals surface area contributed by atoms with E-state index in [2.05, 4.69) is 135 Å². The Balaban J connectivity index is 0.000000152. The largest absolute Gasteiger partial charge is 2.00 e. The molecular weight excluding hydrogens is 542 g/mol. The molecule has 0 unspecified atom stereocenters. The average molecular weight is 568 g/mol. The summed E-state index contributed by atoms with van der Waals surface area (Å²) in [4.78, 5) is 0. The maximum atomic E-state index is 2.28. The van der Waals surface area contributed by atoms with Crippen LogP contribution in [0.1, 0.15) is 11.1 Å². The summed E-state index contributed by atoms with van der Waals surface area (Å²) in [6, 6.07) is 42.8. The summed E-state index contributed by atoms with van der Waals surface area (Å²) < 4.78 is 0. The topological polar surface area (TPSA) is 0 Å². The van der Waals surface area contributed by atoms with Gasteiger partial charge in [-0.05, 0) is 0 Å². The van der Waals surface area contributed by atoms with Crippen molar-refractivity contribution in [1.29, 1.82) is 0 Å². The molecule has 1 heteroatoms. The molecule has 0 atom stereocenters. The van der Waals surface area contributed by atoms with Crippen molar-refractivity contribution in [2.75, 3.05) is 0 Å². The van der Waals surface area contributed by atoms with E-state index in [4.69, 9.17) is 0 Å². The molecule has 0 N–H and O–H groups in total. The van der Waals surface area contributed by atoms with E-state index >= 15 is 0 Å². The minimum absolute atomic E-state index is 0. The van der Waals surface area contributed by atoms with Gasteiger partial charge >= 0.3 is 39.9 Å². The van der Waals surface area contributed by atoms with Crippen LogP contribution in [-0.2, 0) is 0 Å². The number of hydrogen-bond donors (Lipinski definition) is 0. The van der Waals surface area contributed by atoms with Crippen LogP contribution in [-0.4, -0.2) is 0 Å². The number of benzene rings is 4. The molecule has 0 bridgehead atoms. The van der Waals surface area contributed by atoms with Gasteiger partial charge < -0.3 is 0 Å². The van der Waals surface area contributed by atoms with E-state index in [-0.39, 0.29) is 39.9 Å². The van der Waals surface area contributed by atoms with E-state index in [1.807, 2.05) is 0 Å². The van der Waals surface area contributed by atoms with E-state index < -0.39 is 0 Å². The number of hydrogen-bond acceptors (Lipinski definition) is 0. The summed E-state index contributed by atoms with van der Waals surface area (Å²) in [6.45, 7) is 4.40. The third-order valence-corrected chi connectivity index (χ3v) is 6.31. The van der Waals surface area contributed by atoms with Crippen molar-refractivity contribution < 1.29 is 39.9 Å². The monoisotopic (exact) mass is 568 g/mol. The van der Waals surface area contributed by atoms with E-state index in [1.54, 1.807) is 0 Å². The Morgan fingerprint density at radius 3 is 1.12 bits per heavy atom. The molecule has 33 heavy (non-hydrogen) atoms. The van der Waals surface area contributed by atoms with Crippen molar-refractivity contribution >= 4 is 21.5 Å². The van der Waals surface area contributed by atoms with Crippen LogP contribution >= 0.6 is 0 Å². The van der Waals surface area contributed by atoms with Crippen LogP contribution in [0.5, 0.6) is 0 Å². The average Bonchev–Trinajstić information content (AvgIpc) is 3.38. The normalized spacial score (nSPS) is 10.5. The SMILES string of the molecule is C[c-]1c(-c2ccccc2)cc2ccccc21.C[c-]1c(-c2ccccc2)cc2ccccc21.[Gd+2]. The summed E-state index contributed by atoms with van der Waals surface area (Å²) in [5, 5.41) is 5.39. The summed E-state index contributed by atoms with van der Waals surface area (Å²) >= 11 is 0. The van der Waals surface area contributed by atoms with Crippen molar-refractivity contribution in [3.05, 3.63) is 132 Å². The zero-order valence-electron chi connectivity index (χ0n) is 18.9. The second-order valence-corrected chi connectivity index (χ2v) is 8.27. The Hall–Kier alpha value is -2.58. The van der Waals surface area contributed by atoms with Gasteiger partial charge in [-0.1, -0.05) is 122 Å². The molecule has 0 amide bonds. The first-order valence-electron chi connectivity index (χ1n) is 11.1. The zero-order chi connectivity index (χ0) is 21.9. The smallest absolute Gasteiger partial charge is 0.144 e. The first-order chi connectivity index (χ1) is 15.7. The van der Waals surface area contributed by atoms with Gasteiger partial charge in [0.25, 0.3) is 0 Å². The fourth-order valence-corrected chi connectivity index (χ4v) is 4.58. The predicted molar refractivity (Wildman–Crippen MR) is 139 cm³/mol. The Kier molecular flexibility index (Phi) is 7.55. The molecule has 0 aromatic heterocycles. The summed E-state index contributed by atoms with van der Waals surface area (Å²) in [5.41, 5.74) is 8.06. The Labute approximate surface area is 228 Å². The Bertz CT molecular complexity index is 1350. The summed E-state index contributed by atoms with van der Waals surface area (Å²) in [6.07, 6.45) is 0. The summed E-state index contributed by atoms with van der Waals surface area (Å²) in [7, 11) is 0. The molecule has 0 spiro atoms. The van der Waals surface area contributed by atoms with Crippen LogP contribution in [0.15, 0.2) is 121 Å². The molecule has 0 saturated carbocycles. The van der Waals surface area contributed by atoms with Crippen molar-refractivity contribution in [1.82, 2.24) is 0 Å². The van der Waals surface area contributed by atoms with Gasteiger partial charge in [0.1, 0.15) is 0 Å². The zero-order valence-corrected chi connectivity index (χ0v) is 21.2. The molecule has 6 rings (SSSR count). The number of aryl methyl sites for hydroxylation is 2. The van der Waals surface area contributed by atoms with Gasteiger partial charge in [-0.3, -0.25) is 0 Å². The Morgan fingerprint density at radius 2 is 0.758 bits per heavy atom. The maximum Gasteiger partial charge on any atom is 2.00 e. The fraction of sp³-hybridized carbons (Fsp3) is 0.0625. The van der Waals surface area contributed by atoms with Gasteiger partial charge in [0.05, 0.1) is 0 Å². The van der Waals surface area contributed by atoms with E-state index in [9.17, 15) is 0 Å². The van der Waals surface area contributed by atoms with Crippen molar-refractivity contribution in [3.8, 4) is 22.3 Å². The van der Waals surface area contributed by atoms with Crippen molar-refractivity contribution in [3.63, 3.8) is 0 Å². The molecule has 6 aromatic carbocycles. The molecular formula is C32H26Gd. The second-order valence-electron chi connectivity index (χ2n) is 8.27. The van der Waals surface area contributed by atoms with Crippen molar-refractivity contribution in [2.45, 2.75) is 13.8 Å². The molecule has 0 aliphatic carbocycles. The third kappa shape index (κ3) is 4.87. The molecule has 0 aliphatic rings. The van der Waals surface area contributed by atoms with Crippen molar-refractivity contribution in [2.24, 2.45) is 0 Å². The van der Waals surface area contributed by atoms with Crippen LogP contribution in [0.4, 0.5) is 0 Å². The van der Waals surface area contributed by atoms with E-state index in [0.29, 0.717) is 0 Å². The third-order valence-electron chi connectivity index (χ3n) is 6.31. The minimum Gasteiger partial charge on any atom is -0.144 e. The first kappa shape index (κ1) is 23.6. The number of fused-ring (bicyclic) bond motifs is 2. The molecule has 162 valence electrons. The van der Waals surface area contributed by atoms with Gasteiger partial charge in [-0.15, -0.1) is 68.1 Å². The quantitative estimate of drug-likeness (QED) is 0.183. The molecule has 0 fully saturated rings. The molecule has 0 aliphatic heterocycles. The standard InChI is InChI=1S/2C16H13.Gd/c2*1-12-15-10-6-5-9-14(15)11-16(12)13-7-3-2-4-8-13;/h2*2-11H,1H3;/q2*-1;+2. The molecule has 0 nitrogen and oxygen atoms in total. The van der Waals surface area contributed by atoms with Crippen LogP contribution < -0.4 is 0 Å². The maximum absolute atomic E-state index is 2.28. The predicted octanol–water partition coefficient (Wildman–Crippen LogP) is 9.07. The number of rotatable bonds is 2. The molecule has 0 heterocycles. The van der Waals surface area contributed by atoms with E-state index in [0.717, 1.165) is 0 Å². The van der Waals surface area contributed by atoms with Gasteiger partial charge in [0, 0.05) is 0 Å². The molecule has 0 saturated heterocycles. The van der Waals surface area contributed by atoms with Crippen LogP contribution in [0.3, 0.4) is 0 Å². The second kappa shape index (κ2) is 10.6. The van der Waals surface area contributed by atoms with Gasteiger partial charge in [-0.25, -0.2) is 0 Å². The van der Waals surface area contributed by atoms with Gasteiger partial charge in [-0.2, -0.15) is 0 Å². The Morgan fingerprint density at radius 1 is 0.424 bits per heavy atom. The first-order valence-corrected chi connectivity index (χ1v) is 11.1. The molecule has 6 aromatic rings. The van der Waals surface area contributed by atoms with Crippen LogP contribution in [0, 0.1) is 53.8 Å². The van der Waals surface area contributed by atoms with Crippen LogP contribution in [0.25, 0.3) is 43.8 Å². The van der Waals surface area contributed by atoms with Gasteiger partial charge in [0.15, 0.2) is 0 Å². The van der Waals surface area contributed by atoms with E-state index in [1.165, 1.54) is 54.9 Å². The summed E-state index contributed by atoms with van der Waals surface area (Å²) in [5.74, 6) is 0. The molecule has 0 radical (unpaired) electrons. The fourth-order valence-electron chi connectivity index (χ4n) is 4.58.